The lowest BCUT2D eigenvalue weighted by Gasteiger charge is -2.29. The van der Waals surface area contributed by atoms with Crippen molar-refractivity contribution >= 4 is 6.09 Å². The summed E-state index contributed by atoms with van der Waals surface area (Å²) in [7, 11) is 0. The average molecular weight is 344 g/mol. The largest absolute Gasteiger partial charge is 0.444 e. The Bertz CT molecular complexity index is 468. The van der Waals surface area contributed by atoms with E-state index in [9.17, 15) is 13.6 Å². The number of hydrogen-bond acceptors (Lipinski definition) is 3. The van der Waals surface area contributed by atoms with E-state index in [0.29, 0.717) is 13.0 Å². The van der Waals surface area contributed by atoms with Gasteiger partial charge < -0.3 is 15.4 Å². The molecule has 1 amide bonds. The van der Waals surface area contributed by atoms with Crippen molar-refractivity contribution in [2.24, 2.45) is 5.73 Å². The molecule has 0 saturated carbocycles. The molecular formula is C18H30F2N2O2. The number of amides is 1. The highest BCUT2D eigenvalue weighted by molar-refractivity contribution is 5.68. The summed E-state index contributed by atoms with van der Waals surface area (Å²) < 4.78 is 30.9. The molecule has 24 heavy (non-hydrogen) atoms. The fourth-order valence-electron chi connectivity index (χ4n) is 1.71. The number of rotatable bonds is 5. The third-order valence-corrected chi connectivity index (χ3v) is 2.69. The van der Waals surface area contributed by atoms with Crippen molar-refractivity contribution in [1.82, 2.24) is 4.90 Å². The van der Waals surface area contributed by atoms with E-state index in [1.165, 1.54) is 5.56 Å². The molecule has 0 bridgehead atoms. The highest BCUT2D eigenvalue weighted by Gasteiger charge is 2.30. The number of halogens is 2. The van der Waals surface area contributed by atoms with Gasteiger partial charge in [-0.05, 0) is 40.7 Å². The molecule has 0 heterocycles. The van der Waals surface area contributed by atoms with Crippen molar-refractivity contribution in [3.63, 3.8) is 0 Å². The summed E-state index contributed by atoms with van der Waals surface area (Å²) in [5, 5.41) is 0. The maximum Gasteiger partial charge on any atom is 0.410 e. The van der Waals surface area contributed by atoms with Gasteiger partial charge >= 0.3 is 6.09 Å². The fraction of sp³-hybridized carbons (Fsp3) is 0.611. The normalized spacial score (nSPS) is 11.3. The molecule has 6 heteroatoms. The Morgan fingerprint density at radius 3 is 2.04 bits per heavy atom. The molecule has 0 aliphatic heterocycles. The molecule has 2 N–H and O–H groups in total. The van der Waals surface area contributed by atoms with Crippen LogP contribution < -0.4 is 5.73 Å². The molecule has 0 aliphatic rings. The Morgan fingerprint density at radius 1 is 1.17 bits per heavy atom. The maximum atomic E-state index is 12.9. The van der Waals surface area contributed by atoms with Crippen LogP contribution in [-0.4, -0.2) is 42.2 Å². The molecule has 0 fully saturated rings. The smallest absolute Gasteiger partial charge is 0.410 e. The number of carbonyl (C=O) groups excluding carboxylic acids is 1. The van der Waals surface area contributed by atoms with Crippen molar-refractivity contribution in [2.75, 3.05) is 19.6 Å². The molecule has 0 spiro atoms. The summed E-state index contributed by atoms with van der Waals surface area (Å²) in [4.78, 5) is 12.7. The quantitative estimate of drug-likeness (QED) is 0.870. The summed E-state index contributed by atoms with van der Waals surface area (Å²) in [6.45, 7) is 7.79. The van der Waals surface area contributed by atoms with Crippen LogP contribution in [0.15, 0.2) is 30.3 Å². The Hall–Kier alpha value is -1.69. The summed E-state index contributed by atoms with van der Waals surface area (Å²) in [6, 6.07) is 10.3. The standard InChI is InChI=1S/C11H22F2N2O2.C7H8/c1-10(2,3)17-9(16)15(7-5-6-14)8-11(4,12)13;1-7-5-3-2-4-6-7/h5-8,14H2,1-4H3;2-6H,1H3. The van der Waals surface area contributed by atoms with Crippen LogP contribution in [0.4, 0.5) is 13.6 Å². The zero-order valence-electron chi connectivity index (χ0n) is 15.3. The lowest BCUT2D eigenvalue weighted by molar-refractivity contribution is -0.0299. The minimum Gasteiger partial charge on any atom is -0.444 e. The van der Waals surface area contributed by atoms with Crippen molar-refractivity contribution in [3.05, 3.63) is 35.9 Å². The van der Waals surface area contributed by atoms with Gasteiger partial charge in [0.15, 0.2) is 0 Å². The number of aryl methyl sites for hydroxylation is 1. The molecule has 138 valence electrons. The van der Waals surface area contributed by atoms with Crippen LogP contribution in [0.1, 0.15) is 39.7 Å². The van der Waals surface area contributed by atoms with Gasteiger partial charge in [-0.3, -0.25) is 0 Å². The van der Waals surface area contributed by atoms with E-state index in [1.54, 1.807) is 20.8 Å². The van der Waals surface area contributed by atoms with E-state index >= 15 is 0 Å². The van der Waals surface area contributed by atoms with Gasteiger partial charge in [0.05, 0.1) is 6.54 Å². The van der Waals surface area contributed by atoms with Gasteiger partial charge in [0.25, 0.3) is 5.92 Å². The molecule has 0 aromatic heterocycles. The first kappa shape index (κ1) is 22.3. The van der Waals surface area contributed by atoms with Gasteiger partial charge in [0.1, 0.15) is 5.60 Å². The van der Waals surface area contributed by atoms with Crippen molar-refractivity contribution in [3.8, 4) is 0 Å². The highest BCUT2D eigenvalue weighted by atomic mass is 19.3. The van der Waals surface area contributed by atoms with E-state index in [4.69, 9.17) is 10.5 Å². The van der Waals surface area contributed by atoms with Crippen LogP contribution in [-0.2, 0) is 4.74 Å². The topological polar surface area (TPSA) is 55.6 Å². The van der Waals surface area contributed by atoms with Gasteiger partial charge in [-0.15, -0.1) is 0 Å². The zero-order chi connectivity index (χ0) is 18.8. The van der Waals surface area contributed by atoms with Crippen LogP contribution in [0.5, 0.6) is 0 Å². The molecule has 0 unspecified atom stereocenters. The molecule has 0 aliphatic carbocycles. The first-order valence-electron chi connectivity index (χ1n) is 8.02. The van der Waals surface area contributed by atoms with Gasteiger partial charge in [-0.1, -0.05) is 35.9 Å². The summed E-state index contributed by atoms with van der Waals surface area (Å²) >= 11 is 0. The molecule has 1 aromatic carbocycles. The Morgan fingerprint density at radius 2 is 1.71 bits per heavy atom. The first-order chi connectivity index (χ1) is 10.9. The number of hydrogen-bond donors (Lipinski definition) is 1. The summed E-state index contributed by atoms with van der Waals surface area (Å²) in [5.74, 6) is -2.94. The van der Waals surface area contributed by atoms with Crippen LogP contribution in [0, 0.1) is 6.92 Å². The number of nitrogens with two attached hydrogens (primary N) is 1. The minimum atomic E-state index is -2.94. The predicted molar refractivity (Wildman–Crippen MR) is 93.3 cm³/mol. The molecule has 4 nitrogen and oxygen atoms in total. The Kier molecular flexibility index (Phi) is 9.51. The lowest BCUT2D eigenvalue weighted by atomic mass is 10.2. The zero-order valence-corrected chi connectivity index (χ0v) is 15.3. The van der Waals surface area contributed by atoms with Gasteiger partial charge in [-0.25, -0.2) is 13.6 Å². The monoisotopic (exact) mass is 344 g/mol. The van der Waals surface area contributed by atoms with E-state index < -0.39 is 24.2 Å². The second-order valence-corrected chi connectivity index (χ2v) is 6.77. The maximum absolute atomic E-state index is 12.9. The highest BCUT2D eigenvalue weighted by Crippen LogP contribution is 2.17. The van der Waals surface area contributed by atoms with Crippen molar-refractivity contribution < 1.29 is 18.3 Å². The Balaban J connectivity index is 0.000000620. The van der Waals surface area contributed by atoms with Crippen LogP contribution in [0.2, 0.25) is 0 Å². The molecule has 1 rings (SSSR count). The Labute approximate surface area is 144 Å². The predicted octanol–water partition coefficient (Wildman–Crippen LogP) is 4.22. The molecule has 1 aromatic rings. The summed E-state index contributed by atoms with van der Waals surface area (Å²) in [6.07, 6.45) is -0.262. The number of alkyl halides is 2. The fourth-order valence-corrected chi connectivity index (χ4v) is 1.71. The van der Waals surface area contributed by atoms with E-state index in [1.807, 2.05) is 18.2 Å². The van der Waals surface area contributed by atoms with Gasteiger partial charge in [0, 0.05) is 13.5 Å². The summed E-state index contributed by atoms with van der Waals surface area (Å²) in [5.41, 5.74) is 5.93. The third-order valence-electron chi connectivity index (χ3n) is 2.69. The molecule has 0 atom stereocenters. The van der Waals surface area contributed by atoms with E-state index in [2.05, 4.69) is 19.1 Å². The minimum absolute atomic E-state index is 0.175. The lowest BCUT2D eigenvalue weighted by Crippen LogP contribution is -2.43. The number of ether oxygens (including phenoxy) is 1. The van der Waals surface area contributed by atoms with Crippen molar-refractivity contribution in [2.45, 2.75) is 52.6 Å². The number of nitrogens with zero attached hydrogens (tertiary/aromatic N) is 1. The van der Waals surface area contributed by atoms with Crippen LogP contribution in [0.25, 0.3) is 0 Å². The SMILES string of the molecule is CC(F)(F)CN(CCCN)C(=O)OC(C)(C)C.Cc1ccccc1. The van der Waals surface area contributed by atoms with Crippen LogP contribution in [0.3, 0.4) is 0 Å². The third kappa shape index (κ3) is 12.8. The first-order valence-corrected chi connectivity index (χ1v) is 8.02. The van der Waals surface area contributed by atoms with Crippen LogP contribution >= 0.6 is 0 Å². The van der Waals surface area contributed by atoms with Crippen molar-refractivity contribution in [1.29, 1.82) is 0 Å². The number of benzene rings is 1. The van der Waals surface area contributed by atoms with Gasteiger partial charge in [-0.2, -0.15) is 0 Å². The van der Waals surface area contributed by atoms with E-state index in [0.717, 1.165) is 11.8 Å². The van der Waals surface area contributed by atoms with E-state index in [-0.39, 0.29) is 6.54 Å². The molecule has 0 radical (unpaired) electrons. The number of carbonyl (C=O) groups is 1. The second-order valence-electron chi connectivity index (χ2n) is 6.77. The second kappa shape index (κ2) is 10.2. The van der Waals surface area contributed by atoms with Gasteiger partial charge in [0.2, 0.25) is 0 Å². The molecule has 0 saturated heterocycles. The average Bonchev–Trinajstić information content (AvgIpc) is 2.42. The molecular weight excluding hydrogens is 314 g/mol.